The lowest BCUT2D eigenvalue weighted by atomic mass is 10.0. The second kappa shape index (κ2) is 8.26. The number of aromatic nitrogens is 1. The first-order valence-corrected chi connectivity index (χ1v) is 8.06. The Morgan fingerprint density at radius 2 is 2.21 bits per heavy atom. The third-order valence-corrected chi connectivity index (χ3v) is 3.59. The van der Waals surface area contributed by atoms with Gasteiger partial charge in [0, 0.05) is 13.2 Å². The minimum atomic E-state index is -0.565. The maximum atomic E-state index is 14.1. The van der Waals surface area contributed by atoms with Crippen LogP contribution in [-0.2, 0) is 4.74 Å². The van der Waals surface area contributed by atoms with E-state index in [0.29, 0.717) is 31.4 Å². The second-order valence-electron chi connectivity index (χ2n) is 5.78. The van der Waals surface area contributed by atoms with Crippen LogP contribution in [0.2, 0.25) is 5.02 Å². The smallest absolute Gasteiger partial charge is 0.257 e. The van der Waals surface area contributed by atoms with Crippen LogP contribution in [0.15, 0.2) is 22.7 Å². The molecule has 0 bridgehead atoms. The van der Waals surface area contributed by atoms with Gasteiger partial charge in [-0.25, -0.2) is 4.39 Å². The van der Waals surface area contributed by atoms with E-state index in [2.05, 4.69) is 10.5 Å². The number of hydrogen-bond acceptors (Lipinski definition) is 4. The molecule has 0 radical (unpaired) electrons. The van der Waals surface area contributed by atoms with E-state index < -0.39 is 11.7 Å². The predicted octanol–water partition coefficient (Wildman–Crippen LogP) is 3.84. The molecule has 1 amide bonds. The summed E-state index contributed by atoms with van der Waals surface area (Å²) in [6.45, 7) is 7.03. The zero-order valence-corrected chi connectivity index (χ0v) is 14.6. The number of nitrogens with zero attached hydrogens (tertiary/aromatic N) is 1. The molecule has 1 heterocycles. The van der Waals surface area contributed by atoms with Crippen LogP contribution in [0, 0.1) is 18.7 Å². The van der Waals surface area contributed by atoms with Gasteiger partial charge < -0.3 is 14.6 Å². The lowest BCUT2D eigenvalue weighted by Gasteiger charge is -2.09. The van der Waals surface area contributed by atoms with Crippen molar-refractivity contribution in [3.05, 3.63) is 40.4 Å². The van der Waals surface area contributed by atoms with E-state index in [4.69, 9.17) is 20.9 Å². The van der Waals surface area contributed by atoms with Crippen molar-refractivity contribution in [2.75, 3.05) is 19.8 Å². The molecule has 0 saturated carbocycles. The quantitative estimate of drug-likeness (QED) is 0.767. The Balaban J connectivity index is 2.14. The molecule has 0 aliphatic rings. The number of rotatable bonds is 7. The van der Waals surface area contributed by atoms with Crippen LogP contribution in [0.5, 0.6) is 0 Å². The molecule has 5 nitrogen and oxygen atoms in total. The SMILES string of the molecule is Cc1onc(-c2c(F)cccc2Cl)c1C(=O)NCCOCC(C)C. The van der Waals surface area contributed by atoms with E-state index in [-0.39, 0.29) is 21.8 Å². The van der Waals surface area contributed by atoms with Crippen LogP contribution in [0.3, 0.4) is 0 Å². The van der Waals surface area contributed by atoms with Crippen molar-refractivity contribution in [1.82, 2.24) is 10.5 Å². The molecule has 0 aliphatic heterocycles. The summed E-state index contributed by atoms with van der Waals surface area (Å²) in [5.74, 6) is -0.248. The number of carbonyl (C=O) groups is 1. The summed E-state index contributed by atoms with van der Waals surface area (Å²) in [5, 5.41) is 6.69. The summed E-state index contributed by atoms with van der Waals surface area (Å²) in [6, 6.07) is 4.28. The maximum Gasteiger partial charge on any atom is 0.257 e. The number of ether oxygens (including phenoxy) is 1. The van der Waals surface area contributed by atoms with Gasteiger partial charge in [0.2, 0.25) is 0 Å². The van der Waals surface area contributed by atoms with Gasteiger partial charge in [0.05, 0.1) is 17.2 Å². The van der Waals surface area contributed by atoms with E-state index in [1.165, 1.54) is 18.2 Å². The third-order valence-electron chi connectivity index (χ3n) is 3.27. The van der Waals surface area contributed by atoms with E-state index in [1.807, 2.05) is 13.8 Å². The Morgan fingerprint density at radius 3 is 2.88 bits per heavy atom. The molecular formula is C17H20ClFN2O3. The molecule has 1 N–H and O–H groups in total. The fraction of sp³-hybridized carbons (Fsp3) is 0.412. The van der Waals surface area contributed by atoms with Crippen LogP contribution in [0.25, 0.3) is 11.3 Å². The Hall–Kier alpha value is -1.92. The van der Waals surface area contributed by atoms with Crippen LogP contribution in [0.1, 0.15) is 30.0 Å². The molecule has 0 atom stereocenters. The molecule has 1 aromatic heterocycles. The van der Waals surface area contributed by atoms with Gasteiger partial charge >= 0.3 is 0 Å². The van der Waals surface area contributed by atoms with Gasteiger partial charge in [-0.15, -0.1) is 0 Å². The average Bonchev–Trinajstić information content (AvgIpc) is 2.88. The van der Waals surface area contributed by atoms with Gasteiger partial charge in [-0.3, -0.25) is 4.79 Å². The first-order valence-electron chi connectivity index (χ1n) is 7.68. The van der Waals surface area contributed by atoms with Crippen LogP contribution in [-0.4, -0.2) is 30.8 Å². The molecule has 7 heteroatoms. The van der Waals surface area contributed by atoms with E-state index in [1.54, 1.807) is 6.92 Å². The highest BCUT2D eigenvalue weighted by atomic mass is 35.5. The lowest BCUT2D eigenvalue weighted by Crippen LogP contribution is -2.28. The highest BCUT2D eigenvalue weighted by molar-refractivity contribution is 6.33. The Bertz CT molecular complexity index is 696. The molecule has 1 aromatic carbocycles. The first-order chi connectivity index (χ1) is 11.4. The van der Waals surface area contributed by atoms with Crippen molar-refractivity contribution >= 4 is 17.5 Å². The molecule has 24 heavy (non-hydrogen) atoms. The fourth-order valence-electron chi connectivity index (χ4n) is 2.18. The number of amides is 1. The minimum Gasteiger partial charge on any atom is -0.379 e. The Morgan fingerprint density at radius 1 is 1.46 bits per heavy atom. The van der Waals surface area contributed by atoms with Crippen molar-refractivity contribution in [3.63, 3.8) is 0 Å². The molecule has 130 valence electrons. The number of hydrogen-bond donors (Lipinski definition) is 1. The highest BCUT2D eigenvalue weighted by Crippen LogP contribution is 2.33. The zero-order valence-electron chi connectivity index (χ0n) is 13.9. The highest BCUT2D eigenvalue weighted by Gasteiger charge is 2.25. The number of benzene rings is 1. The number of halogens is 2. The van der Waals surface area contributed by atoms with E-state index in [9.17, 15) is 9.18 Å². The third kappa shape index (κ3) is 4.33. The Labute approximate surface area is 145 Å². The molecule has 0 saturated heterocycles. The number of carbonyl (C=O) groups excluding carboxylic acids is 1. The van der Waals surface area contributed by atoms with Crippen LogP contribution >= 0.6 is 11.6 Å². The zero-order chi connectivity index (χ0) is 17.7. The number of aryl methyl sites for hydroxylation is 1. The van der Waals surface area contributed by atoms with Crippen molar-refractivity contribution in [2.24, 2.45) is 5.92 Å². The van der Waals surface area contributed by atoms with Crippen molar-refractivity contribution < 1.29 is 18.4 Å². The van der Waals surface area contributed by atoms with Crippen molar-refractivity contribution in [1.29, 1.82) is 0 Å². The van der Waals surface area contributed by atoms with Gasteiger partial charge in [-0.1, -0.05) is 36.7 Å². The van der Waals surface area contributed by atoms with Crippen molar-refractivity contribution in [2.45, 2.75) is 20.8 Å². The monoisotopic (exact) mass is 354 g/mol. The first kappa shape index (κ1) is 18.4. The number of nitrogens with one attached hydrogen (secondary N) is 1. The molecule has 2 aromatic rings. The maximum absolute atomic E-state index is 14.1. The topological polar surface area (TPSA) is 64.4 Å². The van der Waals surface area contributed by atoms with E-state index >= 15 is 0 Å². The molecule has 0 spiro atoms. The molecule has 2 rings (SSSR count). The van der Waals surface area contributed by atoms with Gasteiger partial charge in [0.1, 0.15) is 22.8 Å². The summed E-state index contributed by atoms with van der Waals surface area (Å²) < 4.78 is 24.6. The second-order valence-corrected chi connectivity index (χ2v) is 6.19. The standard InChI is InChI=1S/C17H20ClFN2O3/c1-10(2)9-23-8-7-20-17(22)14-11(3)24-21-16(14)15-12(18)5-4-6-13(15)19/h4-6,10H,7-9H2,1-3H3,(H,20,22). The Kier molecular flexibility index (Phi) is 6.34. The molecular weight excluding hydrogens is 335 g/mol. The van der Waals surface area contributed by atoms with Gasteiger partial charge in [-0.05, 0) is 25.0 Å². The predicted molar refractivity (Wildman–Crippen MR) is 89.6 cm³/mol. The van der Waals surface area contributed by atoms with Crippen molar-refractivity contribution in [3.8, 4) is 11.3 Å². The van der Waals surface area contributed by atoms with Crippen LogP contribution < -0.4 is 5.32 Å². The normalized spacial score (nSPS) is 11.1. The largest absolute Gasteiger partial charge is 0.379 e. The average molecular weight is 355 g/mol. The van der Waals surface area contributed by atoms with E-state index in [0.717, 1.165) is 0 Å². The van der Waals surface area contributed by atoms with Crippen LogP contribution in [0.4, 0.5) is 4.39 Å². The minimum absolute atomic E-state index is 0.0530. The molecule has 0 aliphatic carbocycles. The fourth-order valence-corrected chi connectivity index (χ4v) is 2.43. The summed E-state index contributed by atoms with van der Waals surface area (Å²) in [7, 11) is 0. The summed E-state index contributed by atoms with van der Waals surface area (Å²) >= 11 is 6.05. The van der Waals surface area contributed by atoms with Gasteiger partial charge in [0.15, 0.2) is 0 Å². The molecule has 0 unspecified atom stereocenters. The molecule has 0 fully saturated rings. The van der Waals surface area contributed by atoms with Gasteiger partial charge in [0.25, 0.3) is 5.91 Å². The summed E-state index contributed by atoms with van der Waals surface area (Å²) in [6.07, 6.45) is 0. The summed E-state index contributed by atoms with van der Waals surface area (Å²) in [5.41, 5.74) is 0.319. The lowest BCUT2D eigenvalue weighted by molar-refractivity contribution is 0.0885. The van der Waals surface area contributed by atoms with Gasteiger partial charge in [-0.2, -0.15) is 0 Å². The summed E-state index contributed by atoms with van der Waals surface area (Å²) in [4.78, 5) is 12.4.